The molecule has 1 aliphatic rings. The van der Waals surface area contributed by atoms with Gasteiger partial charge in [0.1, 0.15) is 0 Å². The SMILES string of the molecule is CC(C)CNC(=O)C1C(c2ccc(NC(=O)CC(C)C)cc2)OC(=O)N1Cc1ccccc1. The number of amides is 3. The minimum Gasteiger partial charge on any atom is -0.438 e. The van der Waals surface area contributed by atoms with Crippen LogP contribution in [0.3, 0.4) is 0 Å². The highest BCUT2D eigenvalue weighted by Gasteiger charge is 2.46. The van der Waals surface area contributed by atoms with E-state index in [0.717, 1.165) is 5.56 Å². The second-order valence-corrected chi connectivity index (χ2v) is 9.27. The third-order valence-electron chi connectivity index (χ3n) is 5.35. The molecule has 1 fully saturated rings. The molecule has 0 aromatic heterocycles. The van der Waals surface area contributed by atoms with Crippen LogP contribution in [0.15, 0.2) is 54.6 Å². The van der Waals surface area contributed by atoms with Crippen LogP contribution in [-0.4, -0.2) is 35.4 Å². The van der Waals surface area contributed by atoms with Crippen molar-refractivity contribution >= 4 is 23.6 Å². The van der Waals surface area contributed by atoms with Crippen molar-refractivity contribution in [3.8, 4) is 0 Å². The van der Waals surface area contributed by atoms with E-state index in [2.05, 4.69) is 10.6 Å². The Morgan fingerprint density at radius 1 is 0.970 bits per heavy atom. The molecule has 2 unspecified atom stereocenters. The summed E-state index contributed by atoms with van der Waals surface area (Å²) in [5.74, 6) is 0.249. The van der Waals surface area contributed by atoms with Crippen LogP contribution in [0.5, 0.6) is 0 Å². The summed E-state index contributed by atoms with van der Waals surface area (Å²) in [6, 6.07) is 15.9. The van der Waals surface area contributed by atoms with Crippen molar-refractivity contribution in [1.82, 2.24) is 10.2 Å². The lowest BCUT2D eigenvalue weighted by Crippen LogP contribution is -2.47. The standard InChI is InChI=1S/C26H33N3O4/c1-17(2)14-22(30)28-21-12-10-20(11-13-21)24-23(25(31)27-15-18(3)4)29(26(32)33-24)16-19-8-6-5-7-9-19/h5-13,17-18,23-24H,14-16H2,1-4H3,(H,27,31)(H,28,30). The summed E-state index contributed by atoms with van der Waals surface area (Å²) in [6.07, 6.45) is -0.828. The number of benzene rings is 2. The lowest BCUT2D eigenvalue weighted by molar-refractivity contribution is -0.126. The predicted octanol–water partition coefficient (Wildman–Crippen LogP) is 4.51. The summed E-state index contributed by atoms with van der Waals surface area (Å²) in [5.41, 5.74) is 2.28. The van der Waals surface area contributed by atoms with Crippen LogP contribution in [0.2, 0.25) is 0 Å². The Morgan fingerprint density at radius 3 is 2.24 bits per heavy atom. The minimum absolute atomic E-state index is 0.0509. The molecular formula is C26H33N3O4. The highest BCUT2D eigenvalue weighted by Crippen LogP contribution is 2.34. The summed E-state index contributed by atoms with van der Waals surface area (Å²) in [5, 5.41) is 5.82. The van der Waals surface area contributed by atoms with Gasteiger partial charge in [-0.1, -0.05) is 70.2 Å². The van der Waals surface area contributed by atoms with Crippen molar-refractivity contribution in [2.24, 2.45) is 11.8 Å². The van der Waals surface area contributed by atoms with Gasteiger partial charge in [-0.05, 0) is 35.1 Å². The zero-order valence-corrected chi connectivity index (χ0v) is 19.7. The first kappa shape index (κ1) is 24.3. The van der Waals surface area contributed by atoms with E-state index in [9.17, 15) is 14.4 Å². The summed E-state index contributed by atoms with van der Waals surface area (Å²) in [6.45, 7) is 8.80. The Balaban J connectivity index is 1.81. The fourth-order valence-electron chi connectivity index (χ4n) is 3.74. The van der Waals surface area contributed by atoms with Crippen molar-refractivity contribution in [3.63, 3.8) is 0 Å². The third-order valence-corrected chi connectivity index (χ3v) is 5.35. The zero-order chi connectivity index (χ0) is 24.0. The first-order valence-electron chi connectivity index (χ1n) is 11.4. The molecule has 2 aromatic rings. The molecule has 2 atom stereocenters. The topological polar surface area (TPSA) is 87.7 Å². The van der Waals surface area contributed by atoms with Crippen molar-refractivity contribution in [2.45, 2.75) is 52.8 Å². The van der Waals surface area contributed by atoms with E-state index in [4.69, 9.17) is 4.74 Å². The fraction of sp³-hybridized carbons (Fsp3) is 0.423. The molecule has 0 saturated carbocycles. The molecule has 1 saturated heterocycles. The van der Waals surface area contributed by atoms with Crippen molar-refractivity contribution < 1.29 is 19.1 Å². The van der Waals surface area contributed by atoms with E-state index < -0.39 is 18.2 Å². The Morgan fingerprint density at radius 2 is 1.64 bits per heavy atom. The number of carbonyl (C=O) groups excluding carboxylic acids is 3. The monoisotopic (exact) mass is 451 g/mol. The maximum atomic E-state index is 13.2. The molecule has 3 rings (SSSR count). The Bertz CT molecular complexity index is 957. The minimum atomic E-state index is -0.794. The molecule has 7 heteroatoms. The number of hydrogen-bond donors (Lipinski definition) is 2. The van der Waals surface area contributed by atoms with Crippen LogP contribution < -0.4 is 10.6 Å². The molecule has 0 bridgehead atoms. The number of cyclic esters (lactones) is 1. The average Bonchev–Trinajstić information content (AvgIpc) is 3.08. The first-order chi connectivity index (χ1) is 15.7. The molecule has 0 spiro atoms. The van der Waals surface area contributed by atoms with Crippen molar-refractivity contribution in [2.75, 3.05) is 11.9 Å². The Hall–Kier alpha value is -3.35. The second kappa shape index (κ2) is 11.0. The van der Waals surface area contributed by atoms with Crippen molar-refractivity contribution in [3.05, 3.63) is 65.7 Å². The van der Waals surface area contributed by atoms with Crippen LogP contribution in [0.4, 0.5) is 10.5 Å². The summed E-state index contributed by atoms with van der Waals surface area (Å²) < 4.78 is 5.69. The molecule has 0 radical (unpaired) electrons. The van der Waals surface area contributed by atoms with Crippen LogP contribution >= 0.6 is 0 Å². The quantitative estimate of drug-likeness (QED) is 0.587. The number of ether oxygens (including phenoxy) is 1. The molecule has 176 valence electrons. The van der Waals surface area contributed by atoms with Crippen LogP contribution in [0.25, 0.3) is 0 Å². The largest absolute Gasteiger partial charge is 0.438 e. The molecular weight excluding hydrogens is 418 g/mol. The maximum absolute atomic E-state index is 13.2. The molecule has 1 heterocycles. The number of nitrogens with zero attached hydrogens (tertiary/aromatic N) is 1. The maximum Gasteiger partial charge on any atom is 0.411 e. The normalized spacial score (nSPS) is 17.9. The smallest absolute Gasteiger partial charge is 0.411 e. The second-order valence-electron chi connectivity index (χ2n) is 9.27. The molecule has 7 nitrogen and oxygen atoms in total. The van der Waals surface area contributed by atoms with Gasteiger partial charge in [0, 0.05) is 18.7 Å². The van der Waals surface area contributed by atoms with Gasteiger partial charge in [-0.25, -0.2) is 4.79 Å². The van der Waals surface area contributed by atoms with E-state index in [-0.39, 0.29) is 30.2 Å². The van der Waals surface area contributed by atoms with Gasteiger partial charge in [0.05, 0.1) is 6.54 Å². The number of carbonyl (C=O) groups is 3. The summed E-state index contributed by atoms with van der Waals surface area (Å²) in [4.78, 5) is 39.5. The summed E-state index contributed by atoms with van der Waals surface area (Å²) >= 11 is 0. The van der Waals surface area contributed by atoms with Crippen LogP contribution in [-0.2, 0) is 20.9 Å². The first-order valence-corrected chi connectivity index (χ1v) is 11.4. The van der Waals surface area contributed by atoms with Gasteiger partial charge in [0.15, 0.2) is 12.1 Å². The average molecular weight is 452 g/mol. The third kappa shape index (κ3) is 6.57. The number of rotatable bonds is 9. The lowest BCUT2D eigenvalue weighted by Gasteiger charge is -2.24. The van der Waals surface area contributed by atoms with Gasteiger partial charge in [-0.2, -0.15) is 0 Å². The van der Waals surface area contributed by atoms with E-state index >= 15 is 0 Å². The van der Waals surface area contributed by atoms with Gasteiger partial charge >= 0.3 is 6.09 Å². The fourth-order valence-corrected chi connectivity index (χ4v) is 3.74. The number of hydrogen-bond acceptors (Lipinski definition) is 4. The molecule has 0 aliphatic carbocycles. The molecule has 2 aromatic carbocycles. The van der Waals surface area contributed by atoms with E-state index in [1.165, 1.54) is 4.90 Å². The number of anilines is 1. The van der Waals surface area contributed by atoms with E-state index in [1.54, 1.807) is 24.3 Å². The van der Waals surface area contributed by atoms with Crippen LogP contribution in [0, 0.1) is 11.8 Å². The number of nitrogens with one attached hydrogen (secondary N) is 2. The molecule has 2 N–H and O–H groups in total. The van der Waals surface area contributed by atoms with Gasteiger partial charge < -0.3 is 15.4 Å². The molecule has 1 aliphatic heterocycles. The zero-order valence-electron chi connectivity index (χ0n) is 19.7. The van der Waals surface area contributed by atoms with Gasteiger partial charge in [-0.3, -0.25) is 14.5 Å². The summed E-state index contributed by atoms with van der Waals surface area (Å²) in [7, 11) is 0. The highest BCUT2D eigenvalue weighted by atomic mass is 16.6. The lowest BCUT2D eigenvalue weighted by atomic mass is 10.00. The van der Waals surface area contributed by atoms with Gasteiger partial charge in [0.25, 0.3) is 0 Å². The predicted molar refractivity (Wildman–Crippen MR) is 127 cm³/mol. The van der Waals surface area contributed by atoms with E-state index in [0.29, 0.717) is 24.2 Å². The van der Waals surface area contributed by atoms with Crippen molar-refractivity contribution in [1.29, 1.82) is 0 Å². The van der Waals surface area contributed by atoms with Crippen LogP contribution in [0.1, 0.15) is 51.3 Å². The van der Waals surface area contributed by atoms with Gasteiger partial charge in [-0.15, -0.1) is 0 Å². The Kier molecular flexibility index (Phi) is 8.09. The molecule has 3 amide bonds. The van der Waals surface area contributed by atoms with E-state index in [1.807, 2.05) is 58.0 Å². The Labute approximate surface area is 195 Å². The van der Waals surface area contributed by atoms with Gasteiger partial charge in [0.2, 0.25) is 11.8 Å². The molecule has 33 heavy (non-hydrogen) atoms. The highest BCUT2D eigenvalue weighted by molar-refractivity contribution is 5.91.